The molecule has 1 unspecified atom stereocenters. The van der Waals surface area contributed by atoms with Crippen LogP contribution in [0.5, 0.6) is 0 Å². The van der Waals surface area contributed by atoms with E-state index in [0.717, 1.165) is 36.8 Å². The van der Waals surface area contributed by atoms with Crippen LogP contribution in [0.3, 0.4) is 0 Å². The van der Waals surface area contributed by atoms with Crippen LogP contribution in [-0.2, 0) is 0 Å². The average Bonchev–Trinajstić information content (AvgIpc) is 2.61. The minimum atomic E-state index is -0.0896. The van der Waals surface area contributed by atoms with Gasteiger partial charge in [-0.15, -0.1) is 0 Å². The molecule has 2 rings (SSSR count). The lowest BCUT2D eigenvalue weighted by atomic mass is 10.1. The second-order valence-corrected chi connectivity index (χ2v) is 5.68. The Morgan fingerprint density at radius 2 is 2.22 bits per heavy atom. The Hall–Kier alpha value is -0.580. The molecule has 2 N–H and O–H groups in total. The number of carbonyl (C=O) groups excluding carboxylic acids is 1. The summed E-state index contributed by atoms with van der Waals surface area (Å²) < 4.78 is 0.749. The van der Waals surface area contributed by atoms with Crippen LogP contribution < -0.4 is 10.6 Å². The van der Waals surface area contributed by atoms with Crippen LogP contribution in [0.1, 0.15) is 29.6 Å². The third kappa shape index (κ3) is 3.46. The molecule has 18 heavy (non-hydrogen) atoms. The summed E-state index contributed by atoms with van der Waals surface area (Å²) in [7, 11) is 0. The number of carbonyl (C=O) groups is 1. The van der Waals surface area contributed by atoms with Crippen molar-refractivity contribution in [3.05, 3.63) is 33.3 Å². The van der Waals surface area contributed by atoms with E-state index in [2.05, 4.69) is 26.6 Å². The molecule has 0 aromatic heterocycles. The molecule has 1 aliphatic rings. The first kappa shape index (κ1) is 13.8. The van der Waals surface area contributed by atoms with Crippen molar-refractivity contribution >= 4 is 33.4 Å². The van der Waals surface area contributed by atoms with E-state index in [-0.39, 0.29) is 11.9 Å². The van der Waals surface area contributed by atoms with Crippen LogP contribution >= 0.6 is 27.5 Å². The van der Waals surface area contributed by atoms with Gasteiger partial charge < -0.3 is 10.6 Å². The van der Waals surface area contributed by atoms with Crippen LogP contribution in [-0.4, -0.2) is 25.0 Å². The minimum Gasteiger partial charge on any atom is -0.349 e. The zero-order chi connectivity index (χ0) is 13.0. The van der Waals surface area contributed by atoms with Crippen molar-refractivity contribution in [2.45, 2.75) is 25.3 Å². The first-order chi connectivity index (χ1) is 8.68. The van der Waals surface area contributed by atoms with Crippen molar-refractivity contribution in [3.8, 4) is 0 Å². The van der Waals surface area contributed by atoms with Crippen LogP contribution in [0.15, 0.2) is 22.7 Å². The van der Waals surface area contributed by atoms with E-state index in [1.165, 1.54) is 0 Å². The van der Waals surface area contributed by atoms with Crippen LogP contribution in [0.4, 0.5) is 0 Å². The van der Waals surface area contributed by atoms with Crippen molar-refractivity contribution in [3.63, 3.8) is 0 Å². The summed E-state index contributed by atoms with van der Waals surface area (Å²) >= 11 is 9.45. The van der Waals surface area contributed by atoms with Crippen molar-refractivity contribution in [1.29, 1.82) is 0 Å². The van der Waals surface area contributed by atoms with Gasteiger partial charge in [0.05, 0.1) is 10.6 Å². The molecule has 98 valence electrons. The quantitative estimate of drug-likeness (QED) is 0.875. The molecule has 1 atom stereocenters. The SMILES string of the molecule is O=C(NC1CCCNCC1)c1cccc(Br)c1Cl. The molecule has 0 aliphatic carbocycles. The zero-order valence-corrected chi connectivity index (χ0v) is 12.4. The van der Waals surface area contributed by atoms with Gasteiger partial charge >= 0.3 is 0 Å². The third-order valence-corrected chi connectivity index (χ3v) is 4.40. The van der Waals surface area contributed by atoms with Crippen LogP contribution in [0.25, 0.3) is 0 Å². The summed E-state index contributed by atoms with van der Waals surface area (Å²) in [6, 6.07) is 5.63. The summed E-state index contributed by atoms with van der Waals surface area (Å²) in [5.41, 5.74) is 0.531. The Labute approximate surface area is 120 Å². The Morgan fingerprint density at radius 1 is 1.39 bits per heavy atom. The van der Waals surface area contributed by atoms with Gasteiger partial charge in [0.2, 0.25) is 0 Å². The number of amides is 1. The van der Waals surface area contributed by atoms with E-state index in [1.807, 2.05) is 12.1 Å². The summed E-state index contributed by atoms with van der Waals surface area (Å²) in [5.74, 6) is -0.0896. The van der Waals surface area contributed by atoms with Gasteiger partial charge in [0, 0.05) is 10.5 Å². The standard InChI is InChI=1S/C13H16BrClN2O/c14-11-5-1-4-10(12(11)15)13(18)17-9-3-2-7-16-8-6-9/h1,4-5,9,16H,2-3,6-8H2,(H,17,18). The van der Waals surface area contributed by atoms with Gasteiger partial charge in [-0.3, -0.25) is 4.79 Å². The predicted octanol–water partition coefficient (Wildman–Crippen LogP) is 2.97. The molecule has 3 nitrogen and oxygen atoms in total. The van der Waals surface area contributed by atoms with Crippen molar-refractivity contribution in [2.24, 2.45) is 0 Å². The molecule has 1 fully saturated rings. The largest absolute Gasteiger partial charge is 0.349 e. The number of benzene rings is 1. The summed E-state index contributed by atoms with van der Waals surface area (Å²) in [6.07, 6.45) is 3.08. The van der Waals surface area contributed by atoms with Gasteiger partial charge in [-0.2, -0.15) is 0 Å². The van der Waals surface area contributed by atoms with Gasteiger partial charge in [0.15, 0.2) is 0 Å². The molecule has 1 aliphatic heterocycles. The van der Waals surface area contributed by atoms with Crippen molar-refractivity contribution < 1.29 is 4.79 Å². The van der Waals surface area contributed by atoms with E-state index in [9.17, 15) is 4.79 Å². The van der Waals surface area contributed by atoms with Gasteiger partial charge in [-0.25, -0.2) is 0 Å². The summed E-state index contributed by atoms with van der Waals surface area (Å²) in [5, 5.41) is 6.86. The lowest BCUT2D eigenvalue weighted by Gasteiger charge is -2.16. The van der Waals surface area contributed by atoms with Crippen molar-refractivity contribution in [2.75, 3.05) is 13.1 Å². The second kappa shape index (κ2) is 6.55. The van der Waals surface area contributed by atoms with E-state index in [4.69, 9.17) is 11.6 Å². The first-order valence-electron chi connectivity index (χ1n) is 6.14. The van der Waals surface area contributed by atoms with E-state index < -0.39 is 0 Å². The van der Waals surface area contributed by atoms with Gasteiger partial charge in [-0.05, 0) is 60.4 Å². The van der Waals surface area contributed by atoms with Gasteiger partial charge in [-0.1, -0.05) is 17.7 Å². The Morgan fingerprint density at radius 3 is 3.06 bits per heavy atom. The maximum atomic E-state index is 12.2. The Bertz CT molecular complexity index is 431. The Kier molecular flexibility index (Phi) is 5.03. The maximum absolute atomic E-state index is 12.2. The lowest BCUT2D eigenvalue weighted by Crippen LogP contribution is -2.35. The van der Waals surface area contributed by atoms with E-state index >= 15 is 0 Å². The molecular weight excluding hydrogens is 316 g/mol. The number of rotatable bonds is 2. The van der Waals surface area contributed by atoms with Crippen molar-refractivity contribution in [1.82, 2.24) is 10.6 Å². The fourth-order valence-electron chi connectivity index (χ4n) is 2.11. The number of hydrogen-bond donors (Lipinski definition) is 2. The smallest absolute Gasteiger partial charge is 0.253 e. The molecule has 1 saturated heterocycles. The van der Waals surface area contributed by atoms with E-state index in [1.54, 1.807) is 6.07 Å². The number of nitrogens with one attached hydrogen (secondary N) is 2. The topological polar surface area (TPSA) is 41.1 Å². The van der Waals surface area contributed by atoms with Crippen LogP contribution in [0.2, 0.25) is 5.02 Å². The monoisotopic (exact) mass is 330 g/mol. The number of halogens is 2. The first-order valence-corrected chi connectivity index (χ1v) is 7.31. The number of hydrogen-bond acceptors (Lipinski definition) is 2. The molecule has 1 amide bonds. The molecule has 0 radical (unpaired) electrons. The normalized spacial score (nSPS) is 20.2. The molecule has 5 heteroatoms. The molecule has 0 spiro atoms. The van der Waals surface area contributed by atoms with Gasteiger partial charge in [0.25, 0.3) is 5.91 Å². The fourth-order valence-corrected chi connectivity index (χ4v) is 2.68. The fraction of sp³-hybridized carbons (Fsp3) is 0.462. The highest BCUT2D eigenvalue weighted by Crippen LogP contribution is 2.26. The second-order valence-electron chi connectivity index (χ2n) is 4.45. The third-order valence-electron chi connectivity index (χ3n) is 3.11. The molecular formula is C13H16BrClN2O. The molecule has 1 aromatic carbocycles. The van der Waals surface area contributed by atoms with E-state index in [0.29, 0.717) is 10.6 Å². The highest BCUT2D eigenvalue weighted by Gasteiger charge is 2.17. The molecule has 0 saturated carbocycles. The summed E-state index contributed by atoms with van der Waals surface area (Å²) in [4.78, 5) is 12.2. The lowest BCUT2D eigenvalue weighted by molar-refractivity contribution is 0.0934. The molecule has 0 bridgehead atoms. The zero-order valence-electron chi connectivity index (χ0n) is 10.0. The Balaban J connectivity index is 2.04. The average molecular weight is 332 g/mol. The molecule has 1 heterocycles. The maximum Gasteiger partial charge on any atom is 0.253 e. The van der Waals surface area contributed by atoms with Gasteiger partial charge in [0.1, 0.15) is 0 Å². The molecule has 1 aromatic rings. The summed E-state index contributed by atoms with van der Waals surface area (Å²) in [6.45, 7) is 1.99. The predicted molar refractivity (Wildman–Crippen MR) is 77.1 cm³/mol. The van der Waals surface area contributed by atoms with Crippen LogP contribution in [0, 0.1) is 0 Å². The highest BCUT2D eigenvalue weighted by molar-refractivity contribution is 9.10. The highest BCUT2D eigenvalue weighted by atomic mass is 79.9. The minimum absolute atomic E-state index is 0.0896.